The maximum atomic E-state index is 11.0. The van der Waals surface area contributed by atoms with Gasteiger partial charge in [0.15, 0.2) is 0 Å². The monoisotopic (exact) mass is 174 g/mol. The van der Waals surface area contributed by atoms with Crippen molar-refractivity contribution in [2.45, 2.75) is 39.0 Å². The van der Waals surface area contributed by atoms with Gasteiger partial charge in [0, 0.05) is 18.4 Å². The molecule has 0 saturated heterocycles. The fourth-order valence-corrected chi connectivity index (χ4v) is 0.939. The summed E-state index contributed by atoms with van der Waals surface area (Å²) in [5.41, 5.74) is 1.40. The van der Waals surface area contributed by atoms with Crippen molar-refractivity contribution < 1.29 is 4.79 Å². The van der Waals surface area contributed by atoms with E-state index in [1.54, 1.807) is 6.08 Å². The minimum absolute atomic E-state index is 0.287. The van der Waals surface area contributed by atoms with Crippen LogP contribution in [0.4, 0.5) is 0 Å². The first-order chi connectivity index (χ1) is 5.31. The van der Waals surface area contributed by atoms with Gasteiger partial charge in [0.25, 0.3) is 0 Å². The fraction of sp³-hybridized carbons (Fsp3) is 0.667. The summed E-state index contributed by atoms with van der Waals surface area (Å²) in [6, 6.07) is 0. The van der Waals surface area contributed by atoms with Crippen molar-refractivity contribution in [3.8, 4) is 0 Å². The second kappa shape index (κ2) is 7.80. The molecule has 0 aliphatic heterocycles. The number of halogens is 1. The van der Waals surface area contributed by atoms with Crippen molar-refractivity contribution in [2.24, 2.45) is 0 Å². The third-order valence-electron chi connectivity index (χ3n) is 1.49. The van der Waals surface area contributed by atoms with Crippen LogP contribution < -0.4 is 0 Å². The van der Waals surface area contributed by atoms with Crippen LogP contribution in [-0.2, 0) is 4.79 Å². The van der Waals surface area contributed by atoms with Gasteiger partial charge in [-0.15, -0.1) is 0 Å². The van der Waals surface area contributed by atoms with Crippen molar-refractivity contribution in [2.75, 3.05) is 0 Å². The topological polar surface area (TPSA) is 17.1 Å². The normalized spacial score (nSPS) is 10.7. The zero-order valence-electron chi connectivity index (χ0n) is 6.98. The standard InChI is InChI=1S/C9H15ClO/c1-2-3-4-6-9(11)7-5-8-10/h5,8H,2-4,6-7H2,1H3. The number of Topliss-reactive ketones (excluding diaryl/α,β-unsaturated/α-hetero) is 1. The number of carbonyl (C=O) groups is 1. The molecular formula is C9H15ClO. The molecule has 1 nitrogen and oxygen atoms in total. The number of hydrogen-bond donors (Lipinski definition) is 0. The summed E-state index contributed by atoms with van der Waals surface area (Å²) in [4.78, 5) is 11.0. The van der Waals surface area contributed by atoms with Gasteiger partial charge in [-0.1, -0.05) is 37.4 Å². The minimum atomic E-state index is 0.287. The number of hydrogen-bond acceptors (Lipinski definition) is 1. The van der Waals surface area contributed by atoms with E-state index in [1.807, 2.05) is 0 Å². The highest BCUT2D eigenvalue weighted by molar-refractivity contribution is 6.25. The third-order valence-corrected chi connectivity index (χ3v) is 1.67. The van der Waals surface area contributed by atoms with E-state index in [4.69, 9.17) is 11.6 Å². The first-order valence-electron chi connectivity index (χ1n) is 4.08. The fourth-order valence-electron chi connectivity index (χ4n) is 0.850. The lowest BCUT2D eigenvalue weighted by Crippen LogP contribution is -1.94. The highest BCUT2D eigenvalue weighted by Gasteiger charge is 1.97. The molecule has 64 valence electrons. The SMILES string of the molecule is CCCCCC(=O)CC=CCl. The Balaban J connectivity index is 3.23. The smallest absolute Gasteiger partial charge is 0.136 e. The predicted molar refractivity (Wildman–Crippen MR) is 48.8 cm³/mol. The van der Waals surface area contributed by atoms with Crippen LogP contribution in [0.15, 0.2) is 11.6 Å². The molecule has 0 bridgehead atoms. The minimum Gasteiger partial charge on any atom is -0.299 e. The molecule has 11 heavy (non-hydrogen) atoms. The van der Waals surface area contributed by atoms with E-state index in [0.29, 0.717) is 12.8 Å². The number of allylic oxidation sites excluding steroid dienone is 1. The van der Waals surface area contributed by atoms with Gasteiger partial charge in [0.1, 0.15) is 5.78 Å². The molecule has 0 fully saturated rings. The van der Waals surface area contributed by atoms with Crippen molar-refractivity contribution in [1.29, 1.82) is 0 Å². The molecule has 0 atom stereocenters. The van der Waals surface area contributed by atoms with Crippen LogP contribution >= 0.6 is 11.6 Å². The van der Waals surface area contributed by atoms with Crippen LogP contribution in [-0.4, -0.2) is 5.78 Å². The Morgan fingerprint density at radius 1 is 1.45 bits per heavy atom. The molecule has 0 unspecified atom stereocenters. The van der Waals surface area contributed by atoms with Gasteiger partial charge in [0.05, 0.1) is 0 Å². The molecule has 0 rings (SSSR count). The number of ketones is 1. The summed E-state index contributed by atoms with van der Waals surface area (Å²) < 4.78 is 0. The Morgan fingerprint density at radius 2 is 2.18 bits per heavy atom. The average molecular weight is 175 g/mol. The first kappa shape index (κ1) is 10.7. The molecule has 0 aliphatic rings. The number of rotatable bonds is 6. The quantitative estimate of drug-likeness (QED) is 0.565. The number of unbranched alkanes of at least 4 members (excludes halogenated alkanes) is 2. The Kier molecular flexibility index (Phi) is 7.59. The summed E-state index contributed by atoms with van der Waals surface area (Å²) in [5, 5.41) is 0. The lowest BCUT2D eigenvalue weighted by atomic mass is 10.1. The second-order valence-corrected chi connectivity index (χ2v) is 2.81. The van der Waals surface area contributed by atoms with Crippen LogP contribution in [0.2, 0.25) is 0 Å². The molecule has 0 radical (unpaired) electrons. The van der Waals surface area contributed by atoms with Gasteiger partial charge >= 0.3 is 0 Å². The van der Waals surface area contributed by atoms with Gasteiger partial charge in [-0.2, -0.15) is 0 Å². The van der Waals surface area contributed by atoms with Crippen molar-refractivity contribution in [1.82, 2.24) is 0 Å². The van der Waals surface area contributed by atoms with Crippen LogP contribution in [0, 0.1) is 0 Å². The first-order valence-corrected chi connectivity index (χ1v) is 4.51. The van der Waals surface area contributed by atoms with E-state index >= 15 is 0 Å². The average Bonchev–Trinajstić information content (AvgIpc) is 2.01. The molecule has 0 amide bonds. The van der Waals surface area contributed by atoms with Crippen LogP contribution in [0.5, 0.6) is 0 Å². The molecule has 0 aliphatic carbocycles. The largest absolute Gasteiger partial charge is 0.299 e. The van der Waals surface area contributed by atoms with E-state index in [1.165, 1.54) is 12.0 Å². The molecule has 0 aromatic rings. The lowest BCUT2D eigenvalue weighted by Gasteiger charge is -1.94. The van der Waals surface area contributed by atoms with Crippen LogP contribution in [0.25, 0.3) is 0 Å². The van der Waals surface area contributed by atoms with Gasteiger partial charge < -0.3 is 0 Å². The zero-order valence-corrected chi connectivity index (χ0v) is 7.73. The van der Waals surface area contributed by atoms with E-state index in [0.717, 1.165) is 12.8 Å². The van der Waals surface area contributed by atoms with E-state index in [2.05, 4.69) is 6.92 Å². The Hall–Kier alpha value is -0.300. The number of carbonyl (C=O) groups excluding carboxylic acids is 1. The zero-order chi connectivity index (χ0) is 8.53. The molecule has 2 heteroatoms. The van der Waals surface area contributed by atoms with Gasteiger partial charge in [-0.25, -0.2) is 0 Å². The molecule has 0 aromatic carbocycles. The maximum absolute atomic E-state index is 11.0. The second-order valence-electron chi connectivity index (χ2n) is 2.56. The summed E-state index contributed by atoms with van der Waals surface area (Å²) in [5.74, 6) is 0.287. The van der Waals surface area contributed by atoms with Crippen LogP contribution in [0.3, 0.4) is 0 Å². The Morgan fingerprint density at radius 3 is 2.73 bits per heavy atom. The van der Waals surface area contributed by atoms with Crippen molar-refractivity contribution in [3.05, 3.63) is 11.6 Å². The summed E-state index contributed by atoms with van der Waals surface area (Å²) >= 11 is 5.27. The van der Waals surface area contributed by atoms with Gasteiger partial charge in [-0.3, -0.25) is 4.79 Å². The van der Waals surface area contributed by atoms with Gasteiger partial charge in [0.2, 0.25) is 0 Å². The summed E-state index contributed by atoms with van der Waals surface area (Å²) in [6.07, 6.45) is 6.22. The Labute approximate surface area is 73.4 Å². The van der Waals surface area contributed by atoms with Crippen molar-refractivity contribution >= 4 is 17.4 Å². The third kappa shape index (κ3) is 7.60. The molecule has 0 spiro atoms. The Bertz CT molecular complexity index is 130. The van der Waals surface area contributed by atoms with Gasteiger partial charge in [-0.05, 0) is 6.42 Å². The molecule has 0 saturated carbocycles. The highest BCUT2D eigenvalue weighted by atomic mass is 35.5. The molecular weight excluding hydrogens is 160 g/mol. The van der Waals surface area contributed by atoms with Crippen molar-refractivity contribution in [3.63, 3.8) is 0 Å². The highest BCUT2D eigenvalue weighted by Crippen LogP contribution is 2.02. The van der Waals surface area contributed by atoms with E-state index in [9.17, 15) is 4.79 Å². The maximum Gasteiger partial charge on any atom is 0.136 e. The summed E-state index contributed by atoms with van der Waals surface area (Å²) in [7, 11) is 0. The van der Waals surface area contributed by atoms with Crippen LogP contribution in [0.1, 0.15) is 39.0 Å². The molecule has 0 heterocycles. The van der Waals surface area contributed by atoms with E-state index < -0.39 is 0 Å². The van der Waals surface area contributed by atoms with E-state index in [-0.39, 0.29) is 5.78 Å². The molecule has 0 aromatic heterocycles. The lowest BCUT2D eigenvalue weighted by molar-refractivity contribution is -0.118. The molecule has 0 N–H and O–H groups in total. The predicted octanol–water partition coefficient (Wildman–Crippen LogP) is 3.28. The summed E-state index contributed by atoms with van der Waals surface area (Å²) in [6.45, 7) is 2.13.